The first kappa shape index (κ1) is 13.2. The molecule has 16 heavy (non-hydrogen) atoms. The minimum atomic E-state index is -1.03. The molecule has 0 spiro atoms. The quantitative estimate of drug-likeness (QED) is 0.776. The maximum Gasteiger partial charge on any atom is 0.185 e. The molecule has 0 fully saturated rings. The first-order valence-electron chi connectivity index (χ1n) is 5.33. The van der Waals surface area contributed by atoms with Crippen LogP contribution in [0, 0.1) is 6.92 Å². The lowest BCUT2D eigenvalue weighted by molar-refractivity contribution is -0.207. The molecule has 1 aromatic carbocycles. The van der Waals surface area contributed by atoms with Gasteiger partial charge in [0, 0.05) is 20.6 Å². The zero-order valence-electron chi connectivity index (χ0n) is 10.4. The monoisotopic (exact) mass is 224 g/mol. The lowest BCUT2D eigenvalue weighted by Crippen LogP contribution is -2.43. The van der Waals surface area contributed by atoms with Gasteiger partial charge in [0.1, 0.15) is 5.60 Å². The molecule has 0 saturated heterocycles. The Labute approximate surface area is 97.0 Å². The molecule has 0 saturated carbocycles. The lowest BCUT2D eigenvalue weighted by atomic mass is 9.95. The van der Waals surface area contributed by atoms with Gasteiger partial charge in [-0.1, -0.05) is 29.8 Å². The van der Waals surface area contributed by atoms with Gasteiger partial charge in [-0.25, -0.2) is 0 Å². The number of hydrogen-bond donors (Lipinski definition) is 1. The molecule has 0 aliphatic rings. The van der Waals surface area contributed by atoms with E-state index in [2.05, 4.69) is 6.07 Å². The van der Waals surface area contributed by atoms with Crippen molar-refractivity contribution in [2.24, 2.45) is 0 Å². The molecule has 0 aromatic heterocycles. The molecule has 0 bridgehead atoms. The van der Waals surface area contributed by atoms with E-state index in [4.69, 9.17) is 9.47 Å². The van der Waals surface area contributed by atoms with Crippen LogP contribution in [-0.4, -0.2) is 31.2 Å². The fourth-order valence-electron chi connectivity index (χ4n) is 1.92. The molecule has 3 heteroatoms. The Balaban J connectivity index is 2.79. The van der Waals surface area contributed by atoms with Crippen molar-refractivity contribution in [3.05, 3.63) is 35.4 Å². The third kappa shape index (κ3) is 3.30. The molecule has 1 unspecified atom stereocenters. The Bertz CT molecular complexity index is 330. The maximum absolute atomic E-state index is 10.3. The highest BCUT2D eigenvalue weighted by Gasteiger charge is 2.32. The van der Waals surface area contributed by atoms with E-state index in [0.717, 1.165) is 5.56 Å². The van der Waals surface area contributed by atoms with Crippen LogP contribution in [0.4, 0.5) is 0 Å². The summed E-state index contributed by atoms with van der Waals surface area (Å²) in [5.74, 6) is 0. The number of ether oxygens (including phenoxy) is 2. The van der Waals surface area contributed by atoms with Crippen LogP contribution in [0.2, 0.25) is 0 Å². The van der Waals surface area contributed by atoms with Crippen molar-refractivity contribution in [3.63, 3.8) is 0 Å². The smallest absolute Gasteiger partial charge is 0.185 e. The van der Waals surface area contributed by atoms with E-state index >= 15 is 0 Å². The Hall–Kier alpha value is -0.900. The van der Waals surface area contributed by atoms with E-state index < -0.39 is 11.9 Å². The van der Waals surface area contributed by atoms with E-state index in [0.29, 0.717) is 6.42 Å². The second-order valence-corrected chi connectivity index (χ2v) is 4.33. The van der Waals surface area contributed by atoms with E-state index in [9.17, 15) is 5.11 Å². The average Bonchev–Trinajstić information content (AvgIpc) is 2.18. The first-order valence-corrected chi connectivity index (χ1v) is 5.33. The predicted molar refractivity (Wildman–Crippen MR) is 63.3 cm³/mol. The van der Waals surface area contributed by atoms with Crippen molar-refractivity contribution in [2.45, 2.75) is 32.2 Å². The highest BCUT2D eigenvalue weighted by molar-refractivity contribution is 5.23. The third-order valence-electron chi connectivity index (χ3n) is 2.58. The van der Waals surface area contributed by atoms with Gasteiger partial charge in [0.25, 0.3) is 0 Å². The van der Waals surface area contributed by atoms with Crippen LogP contribution in [-0.2, 0) is 15.9 Å². The fourth-order valence-corrected chi connectivity index (χ4v) is 1.92. The molecular weight excluding hydrogens is 204 g/mol. The van der Waals surface area contributed by atoms with Crippen molar-refractivity contribution >= 4 is 0 Å². The molecule has 0 aliphatic carbocycles. The zero-order valence-corrected chi connectivity index (χ0v) is 10.4. The molecule has 0 aliphatic heterocycles. The van der Waals surface area contributed by atoms with Crippen LogP contribution in [0.1, 0.15) is 18.1 Å². The molecule has 1 rings (SSSR count). The summed E-state index contributed by atoms with van der Waals surface area (Å²) in [6, 6.07) is 8.05. The Morgan fingerprint density at radius 1 is 1.31 bits per heavy atom. The van der Waals surface area contributed by atoms with Crippen LogP contribution in [0.5, 0.6) is 0 Å². The van der Waals surface area contributed by atoms with Gasteiger partial charge in [-0.3, -0.25) is 0 Å². The van der Waals surface area contributed by atoms with E-state index in [1.54, 1.807) is 6.92 Å². The molecule has 90 valence electrons. The number of rotatable bonds is 5. The fraction of sp³-hybridized carbons (Fsp3) is 0.538. The van der Waals surface area contributed by atoms with Crippen molar-refractivity contribution in [2.75, 3.05) is 14.2 Å². The highest BCUT2D eigenvalue weighted by atomic mass is 16.7. The largest absolute Gasteiger partial charge is 0.385 e. The average molecular weight is 224 g/mol. The molecular formula is C13H20O3. The van der Waals surface area contributed by atoms with Crippen molar-refractivity contribution in [3.8, 4) is 0 Å². The summed E-state index contributed by atoms with van der Waals surface area (Å²) in [5, 5.41) is 10.3. The van der Waals surface area contributed by atoms with Gasteiger partial charge in [0.2, 0.25) is 0 Å². The number of aryl methyl sites for hydroxylation is 1. The summed E-state index contributed by atoms with van der Waals surface area (Å²) in [6.07, 6.45) is -0.117. The summed E-state index contributed by atoms with van der Waals surface area (Å²) in [4.78, 5) is 0. The second-order valence-electron chi connectivity index (χ2n) is 4.33. The summed E-state index contributed by atoms with van der Waals surface area (Å²) >= 11 is 0. The van der Waals surface area contributed by atoms with Gasteiger partial charge < -0.3 is 14.6 Å². The van der Waals surface area contributed by atoms with E-state index in [1.165, 1.54) is 19.8 Å². The predicted octanol–water partition coefficient (Wildman–Crippen LogP) is 1.91. The summed E-state index contributed by atoms with van der Waals surface area (Å²) in [7, 11) is 3.05. The number of benzene rings is 1. The Morgan fingerprint density at radius 2 is 1.94 bits per heavy atom. The molecule has 1 aromatic rings. The number of aliphatic hydroxyl groups is 1. The molecule has 0 heterocycles. The van der Waals surface area contributed by atoms with Crippen molar-refractivity contribution < 1.29 is 14.6 Å². The van der Waals surface area contributed by atoms with Gasteiger partial charge in [-0.05, 0) is 19.4 Å². The van der Waals surface area contributed by atoms with Gasteiger partial charge in [-0.2, -0.15) is 0 Å². The third-order valence-corrected chi connectivity index (χ3v) is 2.58. The summed E-state index contributed by atoms with van der Waals surface area (Å²) < 4.78 is 10.2. The minimum absolute atomic E-state index is 0.501. The molecule has 0 amide bonds. The number of methoxy groups -OCH3 is 2. The van der Waals surface area contributed by atoms with Crippen LogP contribution < -0.4 is 0 Å². The van der Waals surface area contributed by atoms with Gasteiger partial charge in [-0.15, -0.1) is 0 Å². The van der Waals surface area contributed by atoms with Crippen LogP contribution in [0.3, 0.4) is 0 Å². The standard InChI is InChI=1S/C13H20O3/c1-10-6-5-7-11(8-10)9-13(2,14)12(15-3)16-4/h5-8,12,14H,9H2,1-4H3. The molecule has 0 radical (unpaired) electrons. The molecule has 3 nitrogen and oxygen atoms in total. The minimum Gasteiger partial charge on any atom is -0.385 e. The zero-order chi connectivity index (χ0) is 12.2. The normalized spacial score (nSPS) is 15.1. The molecule has 1 atom stereocenters. The topological polar surface area (TPSA) is 38.7 Å². The maximum atomic E-state index is 10.3. The van der Waals surface area contributed by atoms with Crippen molar-refractivity contribution in [1.29, 1.82) is 0 Å². The van der Waals surface area contributed by atoms with Gasteiger partial charge >= 0.3 is 0 Å². The Kier molecular flexibility index (Phi) is 4.47. The summed E-state index contributed by atoms with van der Waals surface area (Å²) in [6.45, 7) is 3.75. The Morgan fingerprint density at radius 3 is 2.44 bits per heavy atom. The van der Waals surface area contributed by atoms with Crippen LogP contribution >= 0.6 is 0 Å². The SMILES string of the molecule is COC(OC)C(C)(O)Cc1cccc(C)c1. The van der Waals surface area contributed by atoms with E-state index in [-0.39, 0.29) is 0 Å². The van der Waals surface area contributed by atoms with Crippen LogP contribution in [0.15, 0.2) is 24.3 Å². The van der Waals surface area contributed by atoms with Gasteiger partial charge in [0.15, 0.2) is 6.29 Å². The highest BCUT2D eigenvalue weighted by Crippen LogP contribution is 2.20. The summed E-state index contributed by atoms with van der Waals surface area (Å²) in [5.41, 5.74) is 1.22. The van der Waals surface area contributed by atoms with E-state index in [1.807, 2.05) is 25.1 Å². The second kappa shape index (κ2) is 5.43. The van der Waals surface area contributed by atoms with Gasteiger partial charge in [0.05, 0.1) is 0 Å². The lowest BCUT2D eigenvalue weighted by Gasteiger charge is -2.30. The first-order chi connectivity index (χ1) is 7.49. The van der Waals surface area contributed by atoms with Crippen LogP contribution in [0.25, 0.3) is 0 Å². The van der Waals surface area contributed by atoms with Crippen molar-refractivity contribution in [1.82, 2.24) is 0 Å². The number of hydrogen-bond acceptors (Lipinski definition) is 3. The molecule has 1 N–H and O–H groups in total.